The molecule has 0 saturated carbocycles. The Kier molecular flexibility index (Phi) is 4.03. The minimum atomic E-state index is -0.809. The van der Waals surface area contributed by atoms with Crippen molar-refractivity contribution in [1.29, 1.82) is 0 Å². The fourth-order valence-corrected chi connectivity index (χ4v) is 2.50. The monoisotopic (exact) mass is 315 g/mol. The van der Waals surface area contributed by atoms with E-state index in [0.717, 1.165) is 0 Å². The molecule has 23 heavy (non-hydrogen) atoms. The maximum absolute atomic E-state index is 12.0. The molecule has 0 saturated heterocycles. The number of aryl methyl sites for hydroxylation is 1. The van der Waals surface area contributed by atoms with Crippen LogP contribution >= 0.6 is 0 Å². The number of benzene rings is 1. The van der Waals surface area contributed by atoms with E-state index in [0.29, 0.717) is 16.8 Å². The van der Waals surface area contributed by atoms with Crippen molar-refractivity contribution >= 4 is 17.0 Å². The number of carbonyl (C=O) groups is 1. The maximum atomic E-state index is 12.0. The van der Waals surface area contributed by atoms with Gasteiger partial charge in [-0.05, 0) is 24.3 Å². The van der Waals surface area contributed by atoms with Crippen molar-refractivity contribution < 1.29 is 14.3 Å². The lowest BCUT2D eigenvalue weighted by molar-refractivity contribution is -0.122. The first kappa shape index (κ1) is 15.1. The second kappa shape index (κ2) is 6.13. The predicted octanol–water partition coefficient (Wildman–Crippen LogP) is 0.783. The first-order valence-electron chi connectivity index (χ1n) is 7.20. The summed E-state index contributed by atoms with van der Waals surface area (Å²) in [5.74, 6) is -0.948. The van der Waals surface area contributed by atoms with Crippen LogP contribution in [0.3, 0.4) is 0 Å². The van der Waals surface area contributed by atoms with Crippen LogP contribution in [0, 0.1) is 0 Å². The third kappa shape index (κ3) is 3.04. The molecule has 0 fully saturated rings. The number of para-hydroxylation sites is 2. The highest BCUT2D eigenvalue weighted by Crippen LogP contribution is 2.12. The van der Waals surface area contributed by atoms with E-state index in [2.05, 4.69) is 5.32 Å². The molecule has 2 aromatic heterocycles. The molecule has 7 heteroatoms. The maximum Gasteiger partial charge on any atom is 0.420 e. The highest BCUT2D eigenvalue weighted by Gasteiger charge is 2.15. The lowest BCUT2D eigenvalue weighted by Gasteiger charge is -2.13. The molecule has 1 aromatic carbocycles. The van der Waals surface area contributed by atoms with Crippen LogP contribution in [0.1, 0.15) is 11.8 Å². The molecule has 0 radical (unpaired) electrons. The Bertz CT molecular complexity index is 890. The minimum absolute atomic E-state index is 0.0707. The van der Waals surface area contributed by atoms with Gasteiger partial charge in [-0.3, -0.25) is 9.36 Å². The van der Waals surface area contributed by atoms with Gasteiger partial charge in [0.2, 0.25) is 5.91 Å². The van der Waals surface area contributed by atoms with Crippen molar-refractivity contribution in [1.82, 2.24) is 14.5 Å². The average molecular weight is 315 g/mol. The van der Waals surface area contributed by atoms with E-state index in [1.54, 1.807) is 34.9 Å². The zero-order valence-electron chi connectivity index (χ0n) is 12.6. The third-order valence-electron chi connectivity index (χ3n) is 3.69. The molecule has 2 heterocycles. The molecule has 0 aliphatic heterocycles. The van der Waals surface area contributed by atoms with Crippen molar-refractivity contribution in [3.63, 3.8) is 0 Å². The largest absolute Gasteiger partial charge is 0.420 e. The van der Waals surface area contributed by atoms with Gasteiger partial charge in [-0.25, -0.2) is 4.79 Å². The molecule has 1 amide bonds. The normalized spacial score (nSPS) is 12.4. The molecule has 0 unspecified atom stereocenters. The molecule has 0 bridgehead atoms. The van der Waals surface area contributed by atoms with Gasteiger partial charge in [0, 0.05) is 25.5 Å². The zero-order valence-corrected chi connectivity index (χ0v) is 12.6. The number of nitrogens with one attached hydrogen (secondary N) is 1. The molecular weight excluding hydrogens is 298 g/mol. The van der Waals surface area contributed by atoms with Gasteiger partial charge in [-0.15, -0.1) is 0 Å². The Morgan fingerprint density at radius 2 is 2.09 bits per heavy atom. The number of aliphatic hydroxyl groups excluding tert-OH is 1. The lowest BCUT2D eigenvalue weighted by Crippen LogP contribution is -2.33. The number of aliphatic hydroxyl groups is 1. The van der Waals surface area contributed by atoms with E-state index in [1.165, 1.54) is 4.57 Å². The fraction of sp³-hybridized carbons (Fsp3) is 0.250. The number of fused-ring (bicyclic) bond motifs is 1. The quantitative estimate of drug-likeness (QED) is 0.728. The third-order valence-corrected chi connectivity index (χ3v) is 3.69. The Morgan fingerprint density at radius 1 is 1.30 bits per heavy atom. The van der Waals surface area contributed by atoms with E-state index < -0.39 is 11.9 Å². The highest BCUT2D eigenvalue weighted by molar-refractivity contribution is 5.79. The minimum Gasteiger partial charge on any atom is -0.408 e. The average Bonchev–Trinajstić information content (AvgIpc) is 3.09. The van der Waals surface area contributed by atoms with Gasteiger partial charge in [0.25, 0.3) is 0 Å². The van der Waals surface area contributed by atoms with Crippen LogP contribution in [-0.4, -0.2) is 26.7 Å². The molecule has 120 valence electrons. The van der Waals surface area contributed by atoms with Crippen LogP contribution in [0.25, 0.3) is 11.1 Å². The molecule has 0 spiro atoms. The summed E-state index contributed by atoms with van der Waals surface area (Å²) in [5, 5.41) is 12.7. The molecule has 0 aliphatic rings. The fourth-order valence-electron chi connectivity index (χ4n) is 2.50. The van der Waals surface area contributed by atoms with Crippen molar-refractivity contribution in [3.8, 4) is 0 Å². The van der Waals surface area contributed by atoms with Crippen molar-refractivity contribution in [3.05, 3.63) is 58.8 Å². The van der Waals surface area contributed by atoms with Crippen LogP contribution in [0.2, 0.25) is 0 Å². The molecular formula is C16H17N3O4. The van der Waals surface area contributed by atoms with Gasteiger partial charge in [-0.2, -0.15) is 0 Å². The van der Waals surface area contributed by atoms with Crippen molar-refractivity contribution in [2.75, 3.05) is 6.54 Å². The summed E-state index contributed by atoms with van der Waals surface area (Å²) in [5.41, 5.74) is 1.71. The summed E-state index contributed by atoms with van der Waals surface area (Å²) < 4.78 is 8.12. The van der Waals surface area contributed by atoms with E-state index in [1.807, 2.05) is 19.3 Å². The predicted molar refractivity (Wildman–Crippen MR) is 83.9 cm³/mol. The SMILES string of the molecule is Cn1cccc1[C@@H](O)CNC(=O)Cn1c(=O)oc2ccccc21. The standard InChI is InChI=1S/C16H17N3O4/c1-18-8-4-6-11(18)13(20)9-17-15(21)10-19-12-5-2-3-7-14(12)23-16(19)22/h2-8,13,20H,9-10H2,1H3,(H,17,21)/t13-/m0/s1. The van der Waals surface area contributed by atoms with E-state index in [9.17, 15) is 14.7 Å². The smallest absolute Gasteiger partial charge is 0.408 e. The Morgan fingerprint density at radius 3 is 2.83 bits per heavy atom. The molecule has 7 nitrogen and oxygen atoms in total. The van der Waals surface area contributed by atoms with Crippen LogP contribution < -0.4 is 11.1 Å². The van der Waals surface area contributed by atoms with Crippen LogP contribution in [0.5, 0.6) is 0 Å². The Hall–Kier alpha value is -2.80. The zero-order chi connectivity index (χ0) is 16.4. The number of amides is 1. The number of hydrogen-bond donors (Lipinski definition) is 2. The molecule has 3 rings (SSSR count). The van der Waals surface area contributed by atoms with E-state index in [-0.39, 0.29) is 19.0 Å². The van der Waals surface area contributed by atoms with Crippen LogP contribution in [0.15, 0.2) is 51.8 Å². The second-order valence-corrected chi connectivity index (χ2v) is 5.29. The Labute approximate surface area is 131 Å². The second-order valence-electron chi connectivity index (χ2n) is 5.29. The first-order chi connectivity index (χ1) is 11.1. The van der Waals surface area contributed by atoms with Gasteiger partial charge in [0.1, 0.15) is 12.6 Å². The van der Waals surface area contributed by atoms with Crippen molar-refractivity contribution in [2.24, 2.45) is 7.05 Å². The van der Waals surface area contributed by atoms with E-state index >= 15 is 0 Å². The number of hydrogen-bond acceptors (Lipinski definition) is 4. The summed E-state index contributed by atoms with van der Waals surface area (Å²) >= 11 is 0. The molecule has 1 atom stereocenters. The van der Waals surface area contributed by atoms with Crippen LogP contribution in [-0.2, 0) is 18.4 Å². The number of aromatic nitrogens is 2. The molecule has 0 aliphatic carbocycles. The van der Waals surface area contributed by atoms with Gasteiger partial charge in [-0.1, -0.05) is 12.1 Å². The number of nitrogens with zero attached hydrogens (tertiary/aromatic N) is 2. The van der Waals surface area contributed by atoms with Crippen LogP contribution in [0.4, 0.5) is 0 Å². The summed E-state index contributed by atoms with van der Waals surface area (Å²) in [6, 6.07) is 10.5. The summed E-state index contributed by atoms with van der Waals surface area (Å²) in [7, 11) is 1.82. The number of rotatable bonds is 5. The summed E-state index contributed by atoms with van der Waals surface area (Å²) in [4.78, 5) is 23.8. The Balaban J connectivity index is 1.66. The van der Waals surface area contributed by atoms with Crippen molar-refractivity contribution in [2.45, 2.75) is 12.6 Å². The van der Waals surface area contributed by atoms with Gasteiger partial charge < -0.3 is 19.4 Å². The first-order valence-corrected chi connectivity index (χ1v) is 7.20. The van der Waals surface area contributed by atoms with Gasteiger partial charge in [0.05, 0.1) is 5.52 Å². The summed E-state index contributed by atoms with van der Waals surface area (Å²) in [6.45, 7) is -0.0864. The summed E-state index contributed by atoms with van der Waals surface area (Å²) in [6.07, 6.45) is 1.01. The van der Waals surface area contributed by atoms with Gasteiger partial charge >= 0.3 is 5.76 Å². The van der Waals surface area contributed by atoms with E-state index in [4.69, 9.17) is 4.42 Å². The molecule has 3 aromatic rings. The van der Waals surface area contributed by atoms with Gasteiger partial charge in [0.15, 0.2) is 5.58 Å². The molecule has 2 N–H and O–H groups in total. The highest BCUT2D eigenvalue weighted by atomic mass is 16.4. The topological polar surface area (TPSA) is 89.4 Å². The lowest BCUT2D eigenvalue weighted by atomic mass is 10.2. The number of carbonyl (C=O) groups excluding carboxylic acids is 1. The number of oxazole rings is 1.